The van der Waals surface area contributed by atoms with Crippen LogP contribution in [0.15, 0.2) is 48.7 Å². The van der Waals surface area contributed by atoms with Gasteiger partial charge in [-0.15, -0.1) is 0 Å². The first-order valence-electron chi connectivity index (χ1n) is 11.9. The van der Waals surface area contributed by atoms with Crippen LogP contribution < -0.4 is 5.32 Å². The summed E-state index contributed by atoms with van der Waals surface area (Å²) < 4.78 is 0. The number of amides is 1. The molecule has 2 aromatic carbocycles. The van der Waals surface area contributed by atoms with Crippen molar-refractivity contribution in [3.63, 3.8) is 0 Å². The zero-order valence-electron chi connectivity index (χ0n) is 20.3. The predicted molar refractivity (Wildman–Crippen MR) is 137 cm³/mol. The Bertz CT molecular complexity index is 1270. The standard InChI is InChI=1S/C27H30ClN5O2/c1-27(2,3)31-26-29-13-22(28)24(30-26)18-8-9-20-15-33(25(35)21(20)12-18)16-23(34)32-11-10-17-6-4-5-7-19(17)14-32/h4-9,12-13,25,35H,10-11,14-16H2,1-3H3,(H,29,30,31). The van der Waals surface area contributed by atoms with Crippen molar-refractivity contribution in [3.05, 3.63) is 75.9 Å². The van der Waals surface area contributed by atoms with Gasteiger partial charge in [0.15, 0.2) is 0 Å². The first-order chi connectivity index (χ1) is 16.7. The molecule has 182 valence electrons. The van der Waals surface area contributed by atoms with Gasteiger partial charge in [-0.25, -0.2) is 9.97 Å². The van der Waals surface area contributed by atoms with Gasteiger partial charge < -0.3 is 15.3 Å². The molecular formula is C27H30ClN5O2. The molecule has 1 unspecified atom stereocenters. The van der Waals surface area contributed by atoms with E-state index in [0.29, 0.717) is 36.3 Å². The van der Waals surface area contributed by atoms with Gasteiger partial charge in [-0.05, 0) is 49.9 Å². The molecule has 2 N–H and O–H groups in total. The molecule has 1 aromatic heterocycles. The average Bonchev–Trinajstić information content (AvgIpc) is 3.13. The molecule has 3 aromatic rings. The summed E-state index contributed by atoms with van der Waals surface area (Å²) in [6.07, 6.45) is 1.59. The molecule has 1 amide bonds. The van der Waals surface area contributed by atoms with Crippen molar-refractivity contribution in [2.24, 2.45) is 0 Å². The molecule has 35 heavy (non-hydrogen) atoms. The SMILES string of the molecule is CC(C)(C)Nc1ncc(Cl)c(-c2ccc3c(c2)C(O)N(CC(=O)N2CCc4ccccc4C2)C3)n1. The van der Waals surface area contributed by atoms with E-state index in [9.17, 15) is 9.90 Å². The summed E-state index contributed by atoms with van der Waals surface area (Å²) in [5.74, 6) is 0.525. The smallest absolute Gasteiger partial charge is 0.237 e. The van der Waals surface area contributed by atoms with E-state index >= 15 is 0 Å². The fourth-order valence-electron chi connectivity index (χ4n) is 4.72. The summed E-state index contributed by atoms with van der Waals surface area (Å²) in [6.45, 7) is 8.11. The summed E-state index contributed by atoms with van der Waals surface area (Å²) in [7, 11) is 0. The van der Waals surface area contributed by atoms with Gasteiger partial charge in [-0.2, -0.15) is 0 Å². The number of benzene rings is 2. The van der Waals surface area contributed by atoms with Gasteiger partial charge in [0.1, 0.15) is 6.23 Å². The highest BCUT2D eigenvalue weighted by atomic mass is 35.5. The third-order valence-corrected chi connectivity index (χ3v) is 6.75. The molecule has 5 rings (SSSR count). The predicted octanol–water partition coefficient (Wildman–Crippen LogP) is 4.40. The quantitative estimate of drug-likeness (QED) is 0.563. The van der Waals surface area contributed by atoms with E-state index in [2.05, 4.69) is 27.4 Å². The van der Waals surface area contributed by atoms with Crippen LogP contribution in [0, 0.1) is 0 Å². The second-order valence-electron chi connectivity index (χ2n) is 10.3. The number of carbonyl (C=O) groups excluding carboxylic acids is 1. The van der Waals surface area contributed by atoms with Gasteiger partial charge in [0.25, 0.3) is 0 Å². The van der Waals surface area contributed by atoms with Crippen LogP contribution in [-0.2, 0) is 24.3 Å². The maximum atomic E-state index is 13.1. The number of aromatic nitrogens is 2. The number of fused-ring (bicyclic) bond motifs is 2. The van der Waals surface area contributed by atoms with Crippen LogP contribution in [-0.4, -0.2) is 49.4 Å². The highest BCUT2D eigenvalue weighted by molar-refractivity contribution is 6.32. The third kappa shape index (κ3) is 5.03. The van der Waals surface area contributed by atoms with Crippen LogP contribution in [0.2, 0.25) is 5.02 Å². The van der Waals surface area contributed by atoms with Crippen LogP contribution in [0.1, 0.15) is 49.3 Å². The minimum Gasteiger partial charge on any atom is -0.374 e. The third-order valence-electron chi connectivity index (χ3n) is 6.47. The lowest BCUT2D eigenvalue weighted by molar-refractivity contribution is -0.136. The minimum absolute atomic E-state index is 0.0309. The van der Waals surface area contributed by atoms with Gasteiger partial charge >= 0.3 is 0 Å². The van der Waals surface area contributed by atoms with Crippen LogP contribution in [0.3, 0.4) is 0 Å². The van der Waals surface area contributed by atoms with Gasteiger partial charge in [0.2, 0.25) is 11.9 Å². The highest BCUT2D eigenvalue weighted by Gasteiger charge is 2.32. The minimum atomic E-state index is -0.862. The van der Waals surface area contributed by atoms with E-state index in [1.165, 1.54) is 11.1 Å². The van der Waals surface area contributed by atoms with Crippen LogP contribution in [0.25, 0.3) is 11.3 Å². The number of hydrogen-bond donors (Lipinski definition) is 2. The van der Waals surface area contributed by atoms with Crippen LogP contribution >= 0.6 is 11.6 Å². The van der Waals surface area contributed by atoms with Crippen molar-refractivity contribution in [1.29, 1.82) is 0 Å². The number of anilines is 1. The van der Waals surface area contributed by atoms with Crippen molar-refractivity contribution in [3.8, 4) is 11.3 Å². The fraction of sp³-hybridized carbons (Fsp3) is 0.370. The number of carbonyl (C=O) groups is 1. The zero-order chi connectivity index (χ0) is 24.7. The first-order valence-corrected chi connectivity index (χ1v) is 12.3. The molecular weight excluding hydrogens is 462 g/mol. The van der Waals surface area contributed by atoms with Gasteiger partial charge in [-0.3, -0.25) is 9.69 Å². The lowest BCUT2D eigenvalue weighted by atomic mass is 10.00. The summed E-state index contributed by atoms with van der Waals surface area (Å²) in [5.41, 5.74) is 5.49. The Kier molecular flexibility index (Phi) is 6.25. The Balaban J connectivity index is 1.31. The number of nitrogens with zero attached hydrogens (tertiary/aromatic N) is 4. The summed E-state index contributed by atoms with van der Waals surface area (Å²) in [4.78, 5) is 25.7. The first kappa shape index (κ1) is 23.7. The Hall–Kier alpha value is -3.00. The van der Waals surface area contributed by atoms with Crippen molar-refractivity contribution in [1.82, 2.24) is 19.8 Å². The Labute approximate surface area is 210 Å². The Morgan fingerprint density at radius 1 is 1.14 bits per heavy atom. The number of aliphatic hydroxyl groups excluding tert-OH is 1. The molecule has 7 nitrogen and oxygen atoms in total. The molecule has 2 aliphatic rings. The lowest BCUT2D eigenvalue weighted by Crippen LogP contribution is -2.42. The molecule has 0 saturated carbocycles. The average molecular weight is 492 g/mol. The van der Waals surface area contributed by atoms with Gasteiger partial charge in [-0.1, -0.05) is 48.0 Å². The van der Waals surface area contributed by atoms with E-state index in [1.54, 1.807) is 6.20 Å². The molecule has 0 fully saturated rings. The summed E-state index contributed by atoms with van der Waals surface area (Å²) in [6, 6.07) is 14.1. The molecule has 1 atom stereocenters. The monoisotopic (exact) mass is 491 g/mol. The molecule has 8 heteroatoms. The fourth-order valence-corrected chi connectivity index (χ4v) is 4.92. The molecule has 2 aliphatic heterocycles. The van der Waals surface area contributed by atoms with E-state index in [4.69, 9.17) is 11.6 Å². The van der Waals surface area contributed by atoms with E-state index < -0.39 is 6.23 Å². The van der Waals surface area contributed by atoms with Gasteiger partial charge in [0.05, 0.1) is 23.5 Å². The topological polar surface area (TPSA) is 81.6 Å². The molecule has 0 saturated heterocycles. The Morgan fingerprint density at radius 3 is 2.69 bits per heavy atom. The number of rotatable bonds is 4. The van der Waals surface area contributed by atoms with Gasteiger partial charge in [0, 0.05) is 36.3 Å². The Morgan fingerprint density at radius 2 is 1.91 bits per heavy atom. The van der Waals surface area contributed by atoms with E-state index in [1.807, 2.05) is 60.9 Å². The highest BCUT2D eigenvalue weighted by Crippen LogP contribution is 2.36. The number of halogens is 1. The van der Waals surface area contributed by atoms with Crippen LogP contribution in [0.4, 0.5) is 5.95 Å². The number of aliphatic hydroxyl groups is 1. The number of nitrogens with one attached hydrogen (secondary N) is 1. The second-order valence-corrected chi connectivity index (χ2v) is 10.7. The second kappa shape index (κ2) is 9.22. The van der Waals surface area contributed by atoms with E-state index in [-0.39, 0.29) is 18.0 Å². The zero-order valence-corrected chi connectivity index (χ0v) is 21.0. The van der Waals surface area contributed by atoms with Crippen molar-refractivity contribution in [2.75, 3.05) is 18.4 Å². The van der Waals surface area contributed by atoms with Crippen LogP contribution in [0.5, 0.6) is 0 Å². The normalized spacial score (nSPS) is 17.7. The van der Waals surface area contributed by atoms with Crippen molar-refractivity contribution in [2.45, 2.75) is 52.0 Å². The molecule has 0 aliphatic carbocycles. The number of hydrogen-bond acceptors (Lipinski definition) is 6. The van der Waals surface area contributed by atoms with Crippen molar-refractivity contribution < 1.29 is 9.90 Å². The molecule has 0 bridgehead atoms. The molecule has 0 spiro atoms. The van der Waals surface area contributed by atoms with Crippen molar-refractivity contribution >= 4 is 23.5 Å². The largest absolute Gasteiger partial charge is 0.374 e. The maximum Gasteiger partial charge on any atom is 0.237 e. The summed E-state index contributed by atoms with van der Waals surface area (Å²) in [5, 5.41) is 14.8. The maximum absolute atomic E-state index is 13.1. The molecule has 0 radical (unpaired) electrons. The molecule has 3 heterocycles. The van der Waals surface area contributed by atoms with E-state index in [0.717, 1.165) is 23.1 Å². The summed E-state index contributed by atoms with van der Waals surface area (Å²) >= 11 is 6.43. The lowest BCUT2D eigenvalue weighted by Gasteiger charge is -2.31.